The smallest absolute Gasteiger partial charge is 0.227 e. The van der Waals surface area contributed by atoms with Crippen molar-refractivity contribution in [3.8, 4) is 0 Å². The zero-order valence-electron chi connectivity index (χ0n) is 13.3. The lowest BCUT2D eigenvalue weighted by Gasteiger charge is -2.08. The van der Waals surface area contributed by atoms with E-state index in [1.807, 2.05) is 37.3 Å². The number of nitrogen functional groups attached to an aromatic ring is 1. The van der Waals surface area contributed by atoms with Crippen molar-refractivity contribution < 1.29 is 4.79 Å². The quantitative estimate of drug-likeness (QED) is 0.666. The number of fused-ring (bicyclic) bond motifs is 1. The van der Waals surface area contributed by atoms with Gasteiger partial charge in [-0.3, -0.25) is 4.79 Å². The Labute approximate surface area is 139 Å². The van der Waals surface area contributed by atoms with E-state index >= 15 is 0 Å². The molecule has 0 saturated heterocycles. The van der Waals surface area contributed by atoms with Gasteiger partial charge < -0.3 is 16.4 Å². The second kappa shape index (κ2) is 6.91. The number of aryl methyl sites for hydroxylation is 1. The van der Waals surface area contributed by atoms with Gasteiger partial charge in [0.05, 0.1) is 5.52 Å². The third-order valence-corrected chi connectivity index (χ3v) is 3.45. The Morgan fingerprint density at radius 3 is 2.79 bits per heavy atom. The molecule has 2 heterocycles. The summed E-state index contributed by atoms with van der Waals surface area (Å²) in [7, 11) is 0. The maximum Gasteiger partial charge on any atom is 0.227 e. The van der Waals surface area contributed by atoms with Crippen molar-refractivity contribution in [1.29, 1.82) is 0 Å². The van der Waals surface area contributed by atoms with Gasteiger partial charge in [0.25, 0.3) is 0 Å². The summed E-state index contributed by atoms with van der Waals surface area (Å²) in [6.45, 7) is 2.34. The fourth-order valence-corrected chi connectivity index (χ4v) is 2.22. The molecule has 0 unspecified atom stereocenters. The molecule has 3 aromatic rings. The lowest BCUT2D eigenvalue weighted by atomic mass is 10.2. The molecule has 1 amide bonds. The topological polar surface area (TPSA) is 106 Å². The van der Waals surface area contributed by atoms with Gasteiger partial charge in [0.15, 0.2) is 0 Å². The molecular formula is C17H18N6O. The van der Waals surface area contributed by atoms with E-state index in [0.717, 1.165) is 16.5 Å². The van der Waals surface area contributed by atoms with Crippen LogP contribution in [-0.4, -0.2) is 27.4 Å². The molecule has 0 atom stereocenters. The second-order valence-corrected chi connectivity index (χ2v) is 5.40. The van der Waals surface area contributed by atoms with E-state index in [0.29, 0.717) is 24.1 Å². The summed E-state index contributed by atoms with van der Waals surface area (Å²) in [5, 5.41) is 6.57. The lowest BCUT2D eigenvalue weighted by molar-refractivity contribution is -0.116. The van der Waals surface area contributed by atoms with Crippen molar-refractivity contribution in [2.75, 3.05) is 22.9 Å². The van der Waals surface area contributed by atoms with Crippen LogP contribution in [0, 0.1) is 6.92 Å². The van der Waals surface area contributed by atoms with Crippen molar-refractivity contribution in [2.24, 2.45) is 0 Å². The Morgan fingerprint density at radius 1 is 1.17 bits per heavy atom. The standard InChI is InChI=1S/C17H18N6O/c1-11-6-7-14(20-10-11)22-15(24)8-9-19-17-21-13-5-3-2-4-12(13)16(18)23-17/h2-7,10H,8-9H2,1H3,(H,20,22,24)(H3,18,19,21,23). The van der Waals surface area contributed by atoms with Crippen LogP contribution < -0.4 is 16.4 Å². The van der Waals surface area contributed by atoms with E-state index in [-0.39, 0.29) is 12.3 Å². The number of carbonyl (C=O) groups is 1. The van der Waals surface area contributed by atoms with E-state index in [1.165, 1.54) is 0 Å². The largest absolute Gasteiger partial charge is 0.383 e. The minimum Gasteiger partial charge on any atom is -0.383 e. The van der Waals surface area contributed by atoms with Crippen molar-refractivity contribution in [3.63, 3.8) is 0 Å². The molecule has 4 N–H and O–H groups in total. The minimum absolute atomic E-state index is 0.132. The molecule has 1 aromatic carbocycles. The van der Waals surface area contributed by atoms with Crippen LogP contribution in [0.1, 0.15) is 12.0 Å². The van der Waals surface area contributed by atoms with E-state index in [1.54, 1.807) is 12.3 Å². The van der Waals surface area contributed by atoms with Crippen LogP contribution >= 0.6 is 0 Å². The first-order valence-corrected chi connectivity index (χ1v) is 7.60. The summed E-state index contributed by atoms with van der Waals surface area (Å²) < 4.78 is 0. The molecule has 24 heavy (non-hydrogen) atoms. The average molecular weight is 322 g/mol. The molecule has 0 aliphatic heterocycles. The van der Waals surface area contributed by atoms with Gasteiger partial charge in [-0.05, 0) is 30.7 Å². The normalized spacial score (nSPS) is 10.5. The molecule has 0 radical (unpaired) electrons. The molecule has 7 heteroatoms. The molecular weight excluding hydrogens is 304 g/mol. The summed E-state index contributed by atoms with van der Waals surface area (Å²) in [4.78, 5) is 24.6. The van der Waals surface area contributed by atoms with E-state index in [2.05, 4.69) is 25.6 Å². The number of aromatic nitrogens is 3. The number of carbonyl (C=O) groups excluding carboxylic acids is 1. The molecule has 0 aliphatic carbocycles. The highest BCUT2D eigenvalue weighted by Crippen LogP contribution is 2.18. The predicted octanol–water partition coefficient (Wildman–Crippen LogP) is 2.36. The summed E-state index contributed by atoms with van der Waals surface area (Å²) in [6.07, 6.45) is 1.98. The molecule has 0 fully saturated rings. The first-order valence-electron chi connectivity index (χ1n) is 7.60. The third-order valence-electron chi connectivity index (χ3n) is 3.45. The summed E-state index contributed by atoms with van der Waals surface area (Å²) in [5.41, 5.74) is 7.73. The van der Waals surface area contributed by atoms with Gasteiger partial charge in [-0.2, -0.15) is 4.98 Å². The number of rotatable bonds is 5. The Balaban J connectivity index is 1.56. The van der Waals surface area contributed by atoms with Crippen LogP contribution in [0.2, 0.25) is 0 Å². The maximum atomic E-state index is 11.9. The third kappa shape index (κ3) is 3.75. The van der Waals surface area contributed by atoms with Gasteiger partial charge in [0.2, 0.25) is 11.9 Å². The SMILES string of the molecule is Cc1ccc(NC(=O)CCNc2nc(N)c3ccccc3n2)nc1. The number of nitrogens with two attached hydrogens (primary N) is 1. The Morgan fingerprint density at radius 2 is 2.00 bits per heavy atom. The first kappa shape index (κ1) is 15.7. The van der Waals surface area contributed by atoms with Crippen molar-refractivity contribution in [3.05, 3.63) is 48.2 Å². The summed E-state index contributed by atoms with van der Waals surface area (Å²) in [5.74, 6) is 1.23. The zero-order valence-corrected chi connectivity index (χ0v) is 13.3. The van der Waals surface area contributed by atoms with Gasteiger partial charge in [-0.15, -0.1) is 0 Å². The molecule has 2 aromatic heterocycles. The molecule has 0 aliphatic rings. The average Bonchev–Trinajstić information content (AvgIpc) is 2.57. The molecule has 0 bridgehead atoms. The number of benzene rings is 1. The monoisotopic (exact) mass is 322 g/mol. The first-order chi connectivity index (χ1) is 11.6. The van der Waals surface area contributed by atoms with Gasteiger partial charge in [0, 0.05) is 24.5 Å². The van der Waals surface area contributed by atoms with Gasteiger partial charge in [-0.1, -0.05) is 18.2 Å². The molecule has 3 rings (SSSR count). The highest BCUT2D eigenvalue weighted by atomic mass is 16.1. The molecule has 7 nitrogen and oxygen atoms in total. The fraction of sp³-hybridized carbons (Fsp3) is 0.176. The number of hydrogen-bond acceptors (Lipinski definition) is 6. The van der Waals surface area contributed by atoms with Crippen LogP contribution in [0.15, 0.2) is 42.6 Å². The number of hydrogen-bond donors (Lipinski definition) is 3. The summed E-state index contributed by atoms with van der Waals surface area (Å²) in [6, 6.07) is 11.2. The zero-order chi connectivity index (χ0) is 16.9. The Hall–Kier alpha value is -3.22. The number of nitrogens with one attached hydrogen (secondary N) is 2. The number of anilines is 3. The van der Waals surface area contributed by atoms with Crippen molar-refractivity contribution >= 4 is 34.4 Å². The van der Waals surface area contributed by atoms with Crippen LogP contribution in [-0.2, 0) is 4.79 Å². The van der Waals surface area contributed by atoms with Crippen molar-refractivity contribution in [1.82, 2.24) is 15.0 Å². The predicted molar refractivity (Wildman–Crippen MR) is 94.7 cm³/mol. The van der Waals surface area contributed by atoms with Gasteiger partial charge >= 0.3 is 0 Å². The second-order valence-electron chi connectivity index (χ2n) is 5.40. The van der Waals surface area contributed by atoms with E-state index in [4.69, 9.17) is 5.73 Å². The Kier molecular flexibility index (Phi) is 4.51. The van der Waals surface area contributed by atoms with Gasteiger partial charge in [0.1, 0.15) is 11.6 Å². The number of amides is 1. The van der Waals surface area contributed by atoms with Crippen molar-refractivity contribution in [2.45, 2.75) is 13.3 Å². The number of nitrogens with zero attached hydrogens (tertiary/aromatic N) is 3. The Bertz CT molecular complexity index is 863. The van der Waals surface area contributed by atoms with Crippen LogP contribution in [0.25, 0.3) is 10.9 Å². The van der Waals surface area contributed by atoms with Crippen LogP contribution in [0.5, 0.6) is 0 Å². The molecule has 0 saturated carbocycles. The fourth-order valence-electron chi connectivity index (χ4n) is 2.22. The van der Waals surface area contributed by atoms with E-state index in [9.17, 15) is 4.79 Å². The highest BCUT2D eigenvalue weighted by molar-refractivity contribution is 5.90. The van der Waals surface area contributed by atoms with Crippen LogP contribution in [0.4, 0.5) is 17.6 Å². The van der Waals surface area contributed by atoms with E-state index < -0.39 is 0 Å². The minimum atomic E-state index is -0.132. The van der Waals surface area contributed by atoms with Crippen LogP contribution in [0.3, 0.4) is 0 Å². The number of para-hydroxylation sites is 1. The van der Waals surface area contributed by atoms with Gasteiger partial charge in [-0.25, -0.2) is 9.97 Å². The molecule has 122 valence electrons. The maximum absolute atomic E-state index is 11.9. The summed E-state index contributed by atoms with van der Waals surface area (Å²) >= 11 is 0. The lowest BCUT2D eigenvalue weighted by Crippen LogP contribution is -2.17. The highest BCUT2D eigenvalue weighted by Gasteiger charge is 2.06. The number of pyridine rings is 1. The molecule has 0 spiro atoms.